The SMILES string of the molecule is CC1CSC2C1CC(C)C2[Si](C)(C)C1C(C)CC2C(C)CSC21. The molecule has 2 aliphatic carbocycles. The van der Waals surface area contributed by atoms with E-state index >= 15 is 0 Å². The molecule has 0 aromatic carbocycles. The summed E-state index contributed by atoms with van der Waals surface area (Å²) in [6.07, 6.45) is 3.08. The monoisotopic (exact) mass is 368 g/mol. The Bertz CT molecular complexity index is 425. The highest BCUT2D eigenvalue weighted by molar-refractivity contribution is 8.00. The predicted octanol–water partition coefficient (Wildman–Crippen LogP) is 6.25. The largest absolute Gasteiger partial charge is 0.158 e. The molecule has 0 bridgehead atoms. The second-order valence-corrected chi connectivity index (χ2v) is 17.6. The Labute approximate surface area is 153 Å². The van der Waals surface area contributed by atoms with Gasteiger partial charge in [-0.25, -0.2) is 0 Å². The van der Waals surface area contributed by atoms with E-state index in [0.717, 1.165) is 57.1 Å². The number of rotatable bonds is 2. The number of hydrogen-bond acceptors (Lipinski definition) is 2. The van der Waals surface area contributed by atoms with E-state index in [-0.39, 0.29) is 0 Å². The molecule has 2 saturated carbocycles. The third-order valence-corrected chi connectivity index (χ3v) is 17.6. The van der Waals surface area contributed by atoms with Crippen LogP contribution < -0.4 is 0 Å². The molecule has 4 rings (SSSR count). The van der Waals surface area contributed by atoms with Crippen molar-refractivity contribution in [2.45, 2.75) is 75.2 Å². The smallest absolute Gasteiger partial charge is 0.0563 e. The molecule has 3 heteroatoms. The standard InChI is InChI=1S/C20H36S2Si/c1-11-7-15-13(3)9-21-17(15)19(11)23(5,6)20-12(2)8-16-14(4)10-22-18(16)20/h11-20H,7-10H2,1-6H3. The van der Waals surface area contributed by atoms with Crippen molar-refractivity contribution < 1.29 is 0 Å². The fourth-order valence-corrected chi connectivity index (χ4v) is 19.7. The van der Waals surface area contributed by atoms with Crippen LogP contribution in [0.25, 0.3) is 0 Å². The average Bonchev–Trinajstić information content (AvgIpc) is 3.16. The summed E-state index contributed by atoms with van der Waals surface area (Å²) in [6, 6.07) is 0. The Kier molecular flexibility index (Phi) is 4.51. The molecule has 10 unspecified atom stereocenters. The molecule has 23 heavy (non-hydrogen) atoms. The molecule has 132 valence electrons. The lowest BCUT2D eigenvalue weighted by Gasteiger charge is -2.44. The van der Waals surface area contributed by atoms with Crippen LogP contribution in [0.1, 0.15) is 40.5 Å². The molecule has 0 aromatic rings. The topological polar surface area (TPSA) is 0 Å². The molecule has 0 spiro atoms. The van der Waals surface area contributed by atoms with Crippen LogP contribution in [0.15, 0.2) is 0 Å². The maximum Gasteiger partial charge on any atom is 0.0563 e. The zero-order chi connectivity index (χ0) is 16.5. The van der Waals surface area contributed by atoms with E-state index in [1.54, 1.807) is 12.8 Å². The van der Waals surface area contributed by atoms with Gasteiger partial charge in [0, 0.05) is 10.5 Å². The number of thioether (sulfide) groups is 2. The van der Waals surface area contributed by atoms with Gasteiger partial charge in [0.2, 0.25) is 0 Å². The zero-order valence-electron chi connectivity index (χ0n) is 15.9. The number of hydrogen-bond donors (Lipinski definition) is 0. The van der Waals surface area contributed by atoms with E-state index in [2.05, 4.69) is 64.3 Å². The van der Waals surface area contributed by atoms with E-state index in [1.165, 1.54) is 11.5 Å². The lowest BCUT2D eigenvalue weighted by molar-refractivity contribution is 0.413. The Balaban J connectivity index is 1.62. The molecule has 0 amide bonds. The molecule has 10 atom stereocenters. The van der Waals surface area contributed by atoms with Gasteiger partial charge in [-0.1, -0.05) is 40.8 Å². The van der Waals surface area contributed by atoms with Gasteiger partial charge < -0.3 is 0 Å². The molecule has 4 fully saturated rings. The van der Waals surface area contributed by atoms with Crippen LogP contribution in [-0.4, -0.2) is 30.1 Å². The van der Waals surface area contributed by atoms with E-state index in [0.29, 0.717) is 0 Å². The highest BCUT2D eigenvalue weighted by Crippen LogP contribution is 2.65. The first-order chi connectivity index (χ1) is 10.8. The summed E-state index contributed by atoms with van der Waals surface area (Å²) >= 11 is 4.75. The van der Waals surface area contributed by atoms with Gasteiger partial charge in [-0.15, -0.1) is 0 Å². The highest BCUT2D eigenvalue weighted by atomic mass is 32.2. The minimum atomic E-state index is -1.24. The molecule has 4 aliphatic rings. The van der Waals surface area contributed by atoms with Crippen molar-refractivity contribution in [1.29, 1.82) is 0 Å². The first-order valence-corrected chi connectivity index (χ1v) is 15.3. The van der Waals surface area contributed by atoms with Crippen molar-refractivity contribution in [2.75, 3.05) is 11.5 Å². The van der Waals surface area contributed by atoms with E-state index in [1.807, 2.05) is 0 Å². The van der Waals surface area contributed by atoms with Crippen molar-refractivity contribution in [2.24, 2.45) is 35.5 Å². The fraction of sp³-hybridized carbons (Fsp3) is 1.00. The quantitative estimate of drug-likeness (QED) is 0.528. The van der Waals surface area contributed by atoms with Crippen LogP contribution >= 0.6 is 23.5 Å². The summed E-state index contributed by atoms with van der Waals surface area (Å²) in [5, 5.41) is 2.05. The molecular formula is C20H36S2Si. The van der Waals surface area contributed by atoms with Crippen molar-refractivity contribution in [3.63, 3.8) is 0 Å². The first-order valence-electron chi connectivity index (χ1n) is 10.1. The summed E-state index contributed by atoms with van der Waals surface area (Å²) in [6.45, 7) is 15.9. The van der Waals surface area contributed by atoms with Gasteiger partial charge in [-0.2, -0.15) is 23.5 Å². The fourth-order valence-electron chi connectivity index (χ4n) is 7.48. The average molecular weight is 369 g/mol. The van der Waals surface area contributed by atoms with Gasteiger partial charge in [-0.3, -0.25) is 0 Å². The third-order valence-electron chi connectivity index (χ3n) is 8.35. The van der Waals surface area contributed by atoms with E-state index in [4.69, 9.17) is 0 Å². The minimum Gasteiger partial charge on any atom is -0.158 e. The van der Waals surface area contributed by atoms with Gasteiger partial charge in [0.25, 0.3) is 0 Å². The Morgan fingerprint density at radius 3 is 1.43 bits per heavy atom. The Hall–Kier alpha value is 0.917. The maximum absolute atomic E-state index is 2.81. The van der Waals surface area contributed by atoms with Gasteiger partial charge >= 0.3 is 0 Å². The Morgan fingerprint density at radius 1 is 0.652 bits per heavy atom. The van der Waals surface area contributed by atoms with Crippen LogP contribution in [0.5, 0.6) is 0 Å². The van der Waals surface area contributed by atoms with Crippen molar-refractivity contribution in [1.82, 2.24) is 0 Å². The predicted molar refractivity (Wildman–Crippen MR) is 110 cm³/mol. The van der Waals surface area contributed by atoms with E-state index < -0.39 is 8.07 Å². The van der Waals surface area contributed by atoms with Gasteiger partial charge in [0.15, 0.2) is 0 Å². The highest BCUT2D eigenvalue weighted by Gasteiger charge is 2.60. The zero-order valence-corrected chi connectivity index (χ0v) is 18.6. The summed E-state index contributed by atoms with van der Waals surface area (Å²) in [7, 11) is -1.24. The summed E-state index contributed by atoms with van der Waals surface area (Å²) < 4.78 is 0. The lowest BCUT2D eigenvalue weighted by atomic mass is 9.94. The summed E-state index contributed by atoms with van der Waals surface area (Å²) in [5.41, 5.74) is 2.18. The van der Waals surface area contributed by atoms with Crippen molar-refractivity contribution >= 4 is 31.6 Å². The molecule has 2 saturated heterocycles. The molecule has 2 heterocycles. The van der Waals surface area contributed by atoms with Crippen molar-refractivity contribution in [3.8, 4) is 0 Å². The van der Waals surface area contributed by atoms with Crippen LogP contribution in [0.3, 0.4) is 0 Å². The van der Waals surface area contributed by atoms with E-state index in [9.17, 15) is 0 Å². The summed E-state index contributed by atoms with van der Waals surface area (Å²) in [4.78, 5) is 0. The maximum atomic E-state index is 2.81. The molecule has 0 N–H and O–H groups in total. The second kappa shape index (κ2) is 5.98. The number of fused-ring (bicyclic) bond motifs is 2. The normalized spacial score (nSPS) is 56.1. The molecule has 0 radical (unpaired) electrons. The molecule has 0 aromatic heterocycles. The Morgan fingerprint density at radius 2 is 1.04 bits per heavy atom. The molecule has 0 nitrogen and oxygen atoms in total. The third kappa shape index (κ3) is 2.53. The minimum absolute atomic E-state index is 0.983. The van der Waals surface area contributed by atoms with Crippen LogP contribution in [0.4, 0.5) is 0 Å². The first kappa shape index (κ1) is 17.3. The van der Waals surface area contributed by atoms with Gasteiger partial charge in [0.05, 0.1) is 8.07 Å². The van der Waals surface area contributed by atoms with Gasteiger partial charge in [-0.05, 0) is 70.9 Å². The molecular weight excluding hydrogens is 332 g/mol. The van der Waals surface area contributed by atoms with Gasteiger partial charge in [0.1, 0.15) is 0 Å². The summed E-state index contributed by atoms with van der Waals surface area (Å²) in [5.74, 6) is 8.95. The van der Waals surface area contributed by atoms with Crippen molar-refractivity contribution in [3.05, 3.63) is 0 Å². The molecule has 2 aliphatic heterocycles. The van der Waals surface area contributed by atoms with Crippen LogP contribution in [0.2, 0.25) is 24.2 Å². The van der Waals surface area contributed by atoms with Crippen LogP contribution in [0, 0.1) is 35.5 Å². The lowest BCUT2D eigenvalue weighted by Crippen LogP contribution is -2.47. The second-order valence-electron chi connectivity index (χ2n) is 10.2. The van der Waals surface area contributed by atoms with Crippen LogP contribution in [-0.2, 0) is 0 Å².